The lowest BCUT2D eigenvalue weighted by molar-refractivity contribution is 0.354. The van der Waals surface area contributed by atoms with E-state index in [0.29, 0.717) is 19.0 Å². The Hall–Kier alpha value is -2.96. The number of guanidine groups is 1. The minimum Gasteiger partial charge on any atom is -0.493 e. The number of pyridine rings is 1. The number of nitrogens with one attached hydrogen (secondary N) is 1. The van der Waals surface area contributed by atoms with Gasteiger partial charge in [0.25, 0.3) is 0 Å². The van der Waals surface area contributed by atoms with Crippen LogP contribution < -0.4 is 25.4 Å². The summed E-state index contributed by atoms with van der Waals surface area (Å²) >= 11 is 0. The van der Waals surface area contributed by atoms with Crippen molar-refractivity contribution in [2.75, 3.05) is 39.8 Å². The standard InChI is InChI=1S/C19H27N5O2/c1-24(2)18-15(6-5-10-21-18)13-23-19(20)22-11-9-14-7-8-16(25-3)17(12-14)26-4/h5-8,10,12H,9,11,13H2,1-4H3,(H3,20,22,23). The second-order valence-corrected chi connectivity index (χ2v) is 5.95. The van der Waals surface area contributed by atoms with Crippen LogP contribution in [0.2, 0.25) is 0 Å². The summed E-state index contributed by atoms with van der Waals surface area (Å²) in [6.45, 7) is 1.16. The maximum atomic E-state index is 5.97. The van der Waals surface area contributed by atoms with Crippen LogP contribution in [0, 0.1) is 0 Å². The van der Waals surface area contributed by atoms with Crippen molar-refractivity contribution >= 4 is 11.8 Å². The Morgan fingerprint density at radius 2 is 1.96 bits per heavy atom. The van der Waals surface area contributed by atoms with E-state index in [-0.39, 0.29) is 0 Å². The van der Waals surface area contributed by atoms with Crippen LogP contribution in [0.1, 0.15) is 11.1 Å². The van der Waals surface area contributed by atoms with E-state index >= 15 is 0 Å². The first-order valence-corrected chi connectivity index (χ1v) is 8.41. The number of aliphatic imine (C=N–C) groups is 1. The Labute approximate surface area is 154 Å². The molecule has 3 N–H and O–H groups in total. The summed E-state index contributed by atoms with van der Waals surface area (Å²) in [7, 11) is 7.17. The first kappa shape index (κ1) is 19.4. The molecule has 0 radical (unpaired) electrons. The van der Waals surface area contributed by atoms with Crippen LogP contribution in [0.15, 0.2) is 41.5 Å². The number of nitrogens with two attached hydrogens (primary N) is 1. The van der Waals surface area contributed by atoms with Gasteiger partial charge in [-0.2, -0.15) is 0 Å². The van der Waals surface area contributed by atoms with Gasteiger partial charge in [-0.1, -0.05) is 12.1 Å². The van der Waals surface area contributed by atoms with Crippen LogP contribution in [0.4, 0.5) is 5.82 Å². The number of hydrogen-bond donors (Lipinski definition) is 2. The summed E-state index contributed by atoms with van der Waals surface area (Å²) < 4.78 is 10.6. The fraction of sp³-hybridized carbons (Fsp3) is 0.368. The molecule has 0 atom stereocenters. The van der Waals surface area contributed by atoms with E-state index in [1.54, 1.807) is 20.4 Å². The zero-order valence-electron chi connectivity index (χ0n) is 15.8. The highest BCUT2D eigenvalue weighted by atomic mass is 16.5. The van der Waals surface area contributed by atoms with E-state index in [2.05, 4.69) is 15.3 Å². The molecule has 0 fully saturated rings. The van der Waals surface area contributed by atoms with Crippen molar-refractivity contribution in [3.63, 3.8) is 0 Å². The monoisotopic (exact) mass is 357 g/mol. The molecule has 140 valence electrons. The van der Waals surface area contributed by atoms with Gasteiger partial charge < -0.3 is 25.4 Å². The molecule has 0 saturated carbocycles. The van der Waals surface area contributed by atoms with Crippen LogP contribution in [0.3, 0.4) is 0 Å². The molecule has 1 heterocycles. The van der Waals surface area contributed by atoms with E-state index in [0.717, 1.165) is 34.9 Å². The zero-order chi connectivity index (χ0) is 18.9. The van der Waals surface area contributed by atoms with Crippen molar-refractivity contribution in [2.24, 2.45) is 10.7 Å². The molecule has 0 saturated heterocycles. The summed E-state index contributed by atoms with van der Waals surface area (Å²) in [6.07, 6.45) is 2.57. The molecule has 26 heavy (non-hydrogen) atoms. The first-order chi connectivity index (χ1) is 12.5. The molecule has 0 unspecified atom stereocenters. The fourth-order valence-electron chi connectivity index (χ4n) is 2.55. The van der Waals surface area contributed by atoms with E-state index in [1.165, 1.54) is 0 Å². The third-order valence-corrected chi connectivity index (χ3v) is 3.88. The molecule has 0 amide bonds. The fourth-order valence-corrected chi connectivity index (χ4v) is 2.55. The smallest absolute Gasteiger partial charge is 0.188 e. The Bertz CT molecular complexity index is 746. The van der Waals surface area contributed by atoms with E-state index in [1.807, 2.05) is 49.3 Å². The first-order valence-electron chi connectivity index (χ1n) is 8.41. The van der Waals surface area contributed by atoms with Crippen molar-refractivity contribution in [1.82, 2.24) is 10.3 Å². The van der Waals surface area contributed by atoms with Crippen LogP contribution in [-0.2, 0) is 13.0 Å². The van der Waals surface area contributed by atoms with Gasteiger partial charge in [0.05, 0.1) is 20.8 Å². The van der Waals surface area contributed by atoms with Crippen molar-refractivity contribution in [2.45, 2.75) is 13.0 Å². The molecule has 2 aromatic rings. The number of benzene rings is 1. The number of hydrogen-bond acceptors (Lipinski definition) is 5. The Kier molecular flexibility index (Phi) is 7.08. The molecular weight excluding hydrogens is 330 g/mol. The molecule has 0 spiro atoms. The predicted molar refractivity (Wildman–Crippen MR) is 105 cm³/mol. The van der Waals surface area contributed by atoms with Crippen LogP contribution in [-0.4, -0.2) is 45.8 Å². The third kappa shape index (κ3) is 5.27. The maximum absolute atomic E-state index is 5.97. The van der Waals surface area contributed by atoms with Gasteiger partial charge in [0.2, 0.25) is 0 Å². The van der Waals surface area contributed by atoms with E-state index < -0.39 is 0 Å². The summed E-state index contributed by atoms with van der Waals surface area (Å²) in [5.41, 5.74) is 8.13. The Morgan fingerprint density at radius 3 is 2.65 bits per heavy atom. The normalized spacial score (nSPS) is 11.2. The van der Waals surface area contributed by atoms with Gasteiger partial charge >= 0.3 is 0 Å². The molecule has 1 aromatic heterocycles. The highest BCUT2D eigenvalue weighted by Crippen LogP contribution is 2.27. The number of rotatable bonds is 8. The summed E-state index contributed by atoms with van der Waals surface area (Å²) in [6, 6.07) is 9.78. The molecule has 0 aliphatic rings. The SMILES string of the molecule is COc1ccc(CCNC(N)=NCc2cccnc2N(C)C)cc1OC. The van der Waals surface area contributed by atoms with E-state index in [4.69, 9.17) is 15.2 Å². The average molecular weight is 357 g/mol. The molecule has 7 heteroatoms. The lowest BCUT2D eigenvalue weighted by atomic mass is 10.1. The maximum Gasteiger partial charge on any atom is 0.188 e. The van der Waals surface area contributed by atoms with Gasteiger partial charge in [-0.25, -0.2) is 9.98 Å². The van der Waals surface area contributed by atoms with Crippen LogP contribution >= 0.6 is 0 Å². The summed E-state index contributed by atoms with van der Waals surface area (Å²) in [4.78, 5) is 10.7. The summed E-state index contributed by atoms with van der Waals surface area (Å²) in [5, 5.41) is 3.14. The topological polar surface area (TPSA) is 85.0 Å². The number of nitrogens with zero attached hydrogens (tertiary/aromatic N) is 3. The van der Waals surface area contributed by atoms with E-state index in [9.17, 15) is 0 Å². The lowest BCUT2D eigenvalue weighted by Gasteiger charge is -2.14. The number of aromatic nitrogens is 1. The number of anilines is 1. The molecule has 7 nitrogen and oxygen atoms in total. The van der Waals surface area contributed by atoms with Gasteiger partial charge in [-0.15, -0.1) is 0 Å². The quantitative estimate of drug-likeness (QED) is 0.554. The largest absolute Gasteiger partial charge is 0.493 e. The highest BCUT2D eigenvalue weighted by molar-refractivity contribution is 5.77. The summed E-state index contributed by atoms with van der Waals surface area (Å²) in [5.74, 6) is 2.76. The molecule has 0 aliphatic heterocycles. The van der Waals surface area contributed by atoms with Gasteiger partial charge in [0.1, 0.15) is 5.82 Å². The Balaban J connectivity index is 1.89. The minimum atomic E-state index is 0.416. The molecule has 0 aliphatic carbocycles. The van der Waals surface area contributed by atoms with Crippen LogP contribution in [0.5, 0.6) is 11.5 Å². The average Bonchev–Trinajstić information content (AvgIpc) is 2.66. The molecule has 1 aromatic carbocycles. The molecular formula is C19H27N5O2. The predicted octanol–water partition coefficient (Wildman–Crippen LogP) is 1.81. The number of methoxy groups -OCH3 is 2. The minimum absolute atomic E-state index is 0.416. The lowest BCUT2D eigenvalue weighted by Crippen LogP contribution is -2.33. The van der Waals surface area contributed by atoms with Crippen molar-refractivity contribution in [3.8, 4) is 11.5 Å². The number of ether oxygens (including phenoxy) is 2. The van der Waals surface area contributed by atoms with Gasteiger partial charge in [0, 0.05) is 32.4 Å². The van der Waals surface area contributed by atoms with Crippen molar-refractivity contribution < 1.29 is 9.47 Å². The molecule has 2 rings (SSSR count). The van der Waals surface area contributed by atoms with Gasteiger partial charge in [0.15, 0.2) is 17.5 Å². The second-order valence-electron chi connectivity index (χ2n) is 5.95. The highest BCUT2D eigenvalue weighted by Gasteiger charge is 2.06. The third-order valence-electron chi connectivity index (χ3n) is 3.88. The second kappa shape index (κ2) is 9.50. The van der Waals surface area contributed by atoms with Gasteiger partial charge in [-0.05, 0) is 30.2 Å². The zero-order valence-corrected chi connectivity index (χ0v) is 15.8. The Morgan fingerprint density at radius 1 is 1.19 bits per heavy atom. The van der Waals surface area contributed by atoms with Crippen molar-refractivity contribution in [1.29, 1.82) is 0 Å². The molecule has 0 bridgehead atoms. The van der Waals surface area contributed by atoms with Gasteiger partial charge in [-0.3, -0.25) is 0 Å². The van der Waals surface area contributed by atoms with Crippen LogP contribution in [0.25, 0.3) is 0 Å². The van der Waals surface area contributed by atoms with Crippen molar-refractivity contribution in [3.05, 3.63) is 47.7 Å².